The van der Waals surface area contributed by atoms with Gasteiger partial charge in [0.15, 0.2) is 5.65 Å². The van der Waals surface area contributed by atoms with Gasteiger partial charge < -0.3 is 34.3 Å². The maximum atomic E-state index is 15.4. The van der Waals surface area contributed by atoms with Crippen molar-refractivity contribution in [2.45, 2.75) is 24.6 Å². The lowest BCUT2D eigenvalue weighted by atomic mass is 9.99. The van der Waals surface area contributed by atoms with Gasteiger partial charge in [-0.25, -0.2) is 23.5 Å². The van der Waals surface area contributed by atoms with Gasteiger partial charge in [-0.05, 0) is 12.5 Å². The highest BCUT2D eigenvalue weighted by Gasteiger charge is 2.48. The van der Waals surface area contributed by atoms with Crippen molar-refractivity contribution in [2.75, 3.05) is 61.6 Å². The third kappa shape index (κ3) is 5.26. The number of aromatic nitrogens is 4. The number of fused-ring (bicyclic) bond motifs is 1. The van der Waals surface area contributed by atoms with Gasteiger partial charge in [-0.2, -0.15) is 13.2 Å². The first-order chi connectivity index (χ1) is 18.8. The lowest BCUT2D eigenvalue weighted by Crippen LogP contribution is -2.59. The van der Waals surface area contributed by atoms with Crippen molar-refractivity contribution in [3.63, 3.8) is 0 Å². The van der Waals surface area contributed by atoms with E-state index in [4.69, 9.17) is 4.74 Å². The number of alkyl halides is 5. The molecule has 0 bridgehead atoms. The molecule has 2 N–H and O–H groups in total. The van der Waals surface area contributed by atoms with Crippen LogP contribution in [-0.4, -0.2) is 88.9 Å². The molecule has 3 aromatic heterocycles. The predicted molar refractivity (Wildman–Crippen MR) is 136 cm³/mol. The quantitative estimate of drug-likeness (QED) is 0.464. The molecule has 2 saturated heterocycles. The second-order valence-corrected chi connectivity index (χ2v) is 9.78. The summed E-state index contributed by atoms with van der Waals surface area (Å²) >= 11 is 0. The monoisotopic (exact) mass is 570 g/mol. The Labute approximate surface area is 224 Å². The molecular formula is C24H27F5N8O3. The number of carbonyl (C=O) groups excluding carboxylic acids is 1. The largest absolute Gasteiger partial charge is 0.417 e. The van der Waals surface area contributed by atoms with E-state index in [-0.39, 0.29) is 18.8 Å². The van der Waals surface area contributed by atoms with Gasteiger partial charge in [0.1, 0.15) is 23.1 Å². The van der Waals surface area contributed by atoms with E-state index in [1.165, 1.54) is 11.1 Å². The SMILES string of the molecule is CN(C(=O)Nc1cc(C(F)(F)F)cn(C)c1=O)[C@H]1CCN(c2cnc3[nH]cc(N4CCOCC4)c3n2)CC1(F)F. The Hall–Kier alpha value is -3.95. The number of anilines is 3. The van der Waals surface area contributed by atoms with Gasteiger partial charge in [-0.1, -0.05) is 0 Å². The molecule has 40 heavy (non-hydrogen) atoms. The third-order valence-electron chi connectivity index (χ3n) is 7.13. The van der Waals surface area contributed by atoms with Crippen molar-refractivity contribution >= 4 is 34.4 Å². The average molecular weight is 571 g/mol. The topological polar surface area (TPSA) is 112 Å². The molecular weight excluding hydrogens is 543 g/mol. The van der Waals surface area contributed by atoms with Crippen molar-refractivity contribution in [3.05, 3.63) is 40.6 Å². The number of urea groups is 1. The molecule has 5 rings (SSSR count). The van der Waals surface area contributed by atoms with E-state index in [0.717, 1.165) is 19.8 Å². The van der Waals surface area contributed by atoms with Crippen molar-refractivity contribution in [1.29, 1.82) is 0 Å². The van der Waals surface area contributed by atoms with Crippen molar-refractivity contribution in [2.24, 2.45) is 7.05 Å². The summed E-state index contributed by atoms with van der Waals surface area (Å²) in [6.07, 6.45) is -1.18. The van der Waals surface area contributed by atoms with Crippen LogP contribution in [0.3, 0.4) is 0 Å². The van der Waals surface area contributed by atoms with E-state index in [1.54, 1.807) is 6.20 Å². The zero-order valence-electron chi connectivity index (χ0n) is 21.6. The summed E-state index contributed by atoms with van der Waals surface area (Å²) in [5.41, 5.74) is -0.879. The number of rotatable bonds is 4. The Morgan fingerprint density at radius 1 is 1.23 bits per heavy atom. The van der Waals surface area contributed by atoms with E-state index < -0.39 is 47.5 Å². The number of nitrogens with zero attached hydrogens (tertiary/aromatic N) is 6. The Balaban J connectivity index is 1.31. The zero-order chi connectivity index (χ0) is 28.8. The molecule has 1 atom stereocenters. The molecule has 0 unspecified atom stereocenters. The smallest absolute Gasteiger partial charge is 0.378 e. The summed E-state index contributed by atoms with van der Waals surface area (Å²) in [5.74, 6) is -3.16. The van der Waals surface area contributed by atoms with E-state index in [9.17, 15) is 22.8 Å². The van der Waals surface area contributed by atoms with Crippen LogP contribution in [-0.2, 0) is 18.0 Å². The molecule has 2 aliphatic rings. The van der Waals surface area contributed by atoms with Crippen LogP contribution in [0.15, 0.2) is 29.5 Å². The molecule has 2 fully saturated rings. The van der Waals surface area contributed by atoms with Crippen LogP contribution in [0, 0.1) is 0 Å². The highest BCUT2D eigenvalue weighted by atomic mass is 19.4. The molecule has 2 aliphatic heterocycles. The number of aromatic amines is 1. The van der Waals surface area contributed by atoms with Crippen molar-refractivity contribution < 1.29 is 31.5 Å². The number of pyridine rings is 1. The van der Waals surface area contributed by atoms with E-state index >= 15 is 8.78 Å². The number of carbonyl (C=O) groups is 1. The fraction of sp³-hybridized carbons (Fsp3) is 0.500. The number of nitrogens with one attached hydrogen (secondary N) is 2. The lowest BCUT2D eigenvalue weighted by molar-refractivity contribution is -0.138. The maximum absolute atomic E-state index is 15.4. The molecule has 0 aliphatic carbocycles. The summed E-state index contributed by atoms with van der Waals surface area (Å²) in [6.45, 7) is 1.78. The molecule has 0 saturated carbocycles. The molecule has 5 heterocycles. The van der Waals surface area contributed by atoms with Gasteiger partial charge >= 0.3 is 12.2 Å². The fourth-order valence-corrected chi connectivity index (χ4v) is 4.97. The number of piperidine rings is 1. The molecule has 0 aromatic carbocycles. The van der Waals surface area contributed by atoms with Crippen LogP contribution in [0.25, 0.3) is 11.2 Å². The number of amides is 2. The number of halogens is 5. The minimum absolute atomic E-state index is 0.112. The van der Waals surface area contributed by atoms with Crippen molar-refractivity contribution in [3.8, 4) is 0 Å². The number of hydrogen-bond donors (Lipinski definition) is 2. The van der Waals surface area contributed by atoms with Crippen molar-refractivity contribution in [1.82, 2.24) is 24.4 Å². The number of ether oxygens (including phenoxy) is 1. The first-order valence-corrected chi connectivity index (χ1v) is 12.5. The molecule has 0 radical (unpaired) electrons. The predicted octanol–water partition coefficient (Wildman–Crippen LogP) is 2.89. The summed E-state index contributed by atoms with van der Waals surface area (Å²) < 4.78 is 76.3. The summed E-state index contributed by atoms with van der Waals surface area (Å²) in [5, 5.41) is 2.06. The Kier molecular flexibility index (Phi) is 7.06. The zero-order valence-corrected chi connectivity index (χ0v) is 21.6. The van der Waals surface area contributed by atoms with Crippen LogP contribution in [0.4, 0.5) is 43.9 Å². The minimum atomic E-state index is -4.77. The second kappa shape index (κ2) is 10.2. The van der Waals surface area contributed by atoms with Crippen LogP contribution >= 0.6 is 0 Å². The number of aryl methyl sites for hydroxylation is 1. The van der Waals surface area contributed by atoms with Gasteiger partial charge in [0, 0.05) is 46.1 Å². The second-order valence-electron chi connectivity index (χ2n) is 9.78. The number of H-pyrrole nitrogens is 1. The maximum Gasteiger partial charge on any atom is 0.417 e. The molecule has 216 valence electrons. The van der Waals surface area contributed by atoms with Gasteiger partial charge in [0.05, 0.1) is 37.2 Å². The minimum Gasteiger partial charge on any atom is -0.378 e. The molecule has 3 aromatic rings. The molecule has 2 amide bonds. The summed E-state index contributed by atoms with van der Waals surface area (Å²) in [4.78, 5) is 41.2. The lowest BCUT2D eigenvalue weighted by Gasteiger charge is -2.42. The highest BCUT2D eigenvalue weighted by molar-refractivity contribution is 5.89. The normalized spacial score (nSPS) is 19.6. The Morgan fingerprint density at radius 3 is 2.62 bits per heavy atom. The van der Waals surface area contributed by atoms with Gasteiger partial charge in [-0.15, -0.1) is 0 Å². The molecule has 0 spiro atoms. The fourth-order valence-electron chi connectivity index (χ4n) is 4.97. The first-order valence-electron chi connectivity index (χ1n) is 12.5. The number of morpholine rings is 1. The Morgan fingerprint density at radius 2 is 1.95 bits per heavy atom. The van der Waals surface area contributed by atoms with Crippen LogP contribution < -0.4 is 20.7 Å². The summed E-state index contributed by atoms with van der Waals surface area (Å²) in [7, 11) is 2.21. The van der Waals surface area contributed by atoms with Crippen LogP contribution in [0.1, 0.15) is 12.0 Å². The van der Waals surface area contributed by atoms with E-state index in [0.29, 0.717) is 59.2 Å². The van der Waals surface area contributed by atoms with Gasteiger partial charge in [-0.3, -0.25) is 4.79 Å². The Bertz CT molecular complexity index is 1470. The van der Waals surface area contributed by atoms with E-state index in [1.807, 2.05) is 0 Å². The van der Waals surface area contributed by atoms with E-state index in [2.05, 4.69) is 25.2 Å². The molecule has 16 heteroatoms. The van der Waals surface area contributed by atoms with Gasteiger partial charge in [0.2, 0.25) is 0 Å². The summed E-state index contributed by atoms with van der Waals surface area (Å²) in [6, 6.07) is -2.22. The first kappa shape index (κ1) is 27.6. The third-order valence-corrected chi connectivity index (χ3v) is 7.13. The standard InChI is InChI=1S/C24H27F5N8O3/c1-34-12-14(24(27,28)29)9-15(21(34)38)32-22(39)35(2)17-3-4-37(13-23(17,25)26)18-11-31-20-19(33-18)16(10-30-20)36-5-7-40-8-6-36/h9-12,17H,3-8,13H2,1-2H3,(H,30,31)(H,32,39)/t17-/m0/s1. The highest BCUT2D eigenvalue weighted by Crippen LogP contribution is 2.34. The van der Waals surface area contributed by atoms with Crippen LogP contribution in [0.2, 0.25) is 0 Å². The molecule has 11 nitrogen and oxygen atoms in total. The number of hydrogen-bond acceptors (Lipinski definition) is 7. The van der Waals surface area contributed by atoms with Crippen LogP contribution in [0.5, 0.6) is 0 Å². The average Bonchev–Trinajstić information content (AvgIpc) is 3.33. The van der Waals surface area contributed by atoms with Gasteiger partial charge in [0.25, 0.3) is 11.5 Å².